The van der Waals surface area contributed by atoms with Gasteiger partial charge in [-0.25, -0.2) is 4.79 Å². The summed E-state index contributed by atoms with van der Waals surface area (Å²) < 4.78 is 46.1. The molecule has 0 aromatic heterocycles. The molecule has 0 atom stereocenters. The Hall–Kier alpha value is -2.33. The van der Waals surface area contributed by atoms with Gasteiger partial charge in [-0.2, -0.15) is 13.2 Å². The summed E-state index contributed by atoms with van der Waals surface area (Å²) >= 11 is 0. The smallest absolute Gasteiger partial charge is 0.422 e. The zero-order valence-corrected chi connectivity index (χ0v) is 17.3. The van der Waals surface area contributed by atoms with Crippen LogP contribution in [0.1, 0.15) is 24.0 Å². The maximum absolute atomic E-state index is 12.4. The summed E-state index contributed by atoms with van der Waals surface area (Å²) in [7, 11) is 0. The number of amides is 2. The van der Waals surface area contributed by atoms with Crippen molar-refractivity contribution < 1.29 is 32.2 Å². The van der Waals surface area contributed by atoms with Gasteiger partial charge in [0.25, 0.3) is 0 Å². The number of carbonyl (C=O) groups is 2. The molecule has 1 N–H and O–H groups in total. The summed E-state index contributed by atoms with van der Waals surface area (Å²) in [6.45, 7) is 3.46. The number of piperidine rings is 1. The normalized spacial score (nSPS) is 18.6. The van der Waals surface area contributed by atoms with Crippen molar-refractivity contribution in [2.75, 3.05) is 46.0 Å². The molecule has 1 aromatic rings. The molecule has 2 aliphatic rings. The highest BCUT2D eigenvalue weighted by molar-refractivity contribution is 5.79. The molecular weight excluding hydrogens is 415 g/mol. The molecule has 3 rings (SSSR count). The quantitative estimate of drug-likeness (QED) is 0.732. The number of alkyl halides is 3. The second-order valence-electron chi connectivity index (χ2n) is 7.85. The summed E-state index contributed by atoms with van der Waals surface area (Å²) in [6.07, 6.45) is -4.75. The van der Waals surface area contributed by atoms with Gasteiger partial charge >= 0.3 is 12.3 Å². The Kier molecular flexibility index (Phi) is 8.14. The lowest BCUT2D eigenvalue weighted by atomic mass is 9.96. The molecule has 2 heterocycles. The Morgan fingerprint density at radius 3 is 2.26 bits per heavy atom. The zero-order valence-electron chi connectivity index (χ0n) is 17.3. The van der Waals surface area contributed by atoms with Crippen molar-refractivity contribution in [1.29, 1.82) is 0 Å². The number of hydrogen-bond donors (Lipinski definition) is 1. The average Bonchev–Trinajstić information content (AvgIpc) is 2.77. The first-order chi connectivity index (χ1) is 14.8. The number of halogens is 3. The molecule has 0 saturated carbocycles. The summed E-state index contributed by atoms with van der Waals surface area (Å²) in [5.74, 6) is -0.382. The van der Waals surface area contributed by atoms with Crippen LogP contribution in [0.5, 0.6) is 0 Å². The number of ether oxygens (including phenoxy) is 2. The fourth-order valence-electron chi connectivity index (χ4n) is 3.67. The summed E-state index contributed by atoms with van der Waals surface area (Å²) in [5.41, 5.74) is 2.20. The molecule has 0 aliphatic carbocycles. The topological polar surface area (TPSA) is 71.1 Å². The van der Waals surface area contributed by atoms with E-state index in [0.29, 0.717) is 19.4 Å². The SMILES string of the molecule is O=C(NCc1ccc(CN2CCOCC2)cc1)C1CCN(C(=O)OCC(F)(F)F)CC1. The summed E-state index contributed by atoms with van der Waals surface area (Å²) in [4.78, 5) is 27.7. The van der Waals surface area contributed by atoms with Gasteiger partial charge in [-0.1, -0.05) is 24.3 Å². The number of rotatable bonds is 6. The lowest BCUT2D eigenvalue weighted by Crippen LogP contribution is -2.43. The summed E-state index contributed by atoms with van der Waals surface area (Å²) in [6, 6.07) is 8.11. The fraction of sp³-hybridized carbons (Fsp3) is 0.619. The summed E-state index contributed by atoms with van der Waals surface area (Å²) in [5, 5.41) is 2.91. The van der Waals surface area contributed by atoms with E-state index in [1.54, 1.807) is 0 Å². The first kappa shape index (κ1) is 23.3. The highest BCUT2D eigenvalue weighted by atomic mass is 19.4. The van der Waals surface area contributed by atoms with Crippen LogP contribution in [-0.4, -0.2) is 74.0 Å². The van der Waals surface area contributed by atoms with Gasteiger partial charge in [0, 0.05) is 45.2 Å². The zero-order chi connectivity index (χ0) is 22.3. The minimum atomic E-state index is -4.55. The number of nitrogens with zero attached hydrogens (tertiary/aromatic N) is 2. The number of likely N-dealkylation sites (tertiary alicyclic amines) is 1. The Labute approximate surface area is 179 Å². The largest absolute Gasteiger partial charge is 0.440 e. The third-order valence-corrected chi connectivity index (χ3v) is 5.48. The first-order valence-corrected chi connectivity index (χ1v) is 10.4. The number of carbonyl (C=O) groups excluding carboxylic acids is 2. The van der Waals surface area contributed by atoms with E-state index in [9.17, 15) is 22.8 Å². The Balaban J connectivity index is 1.36. The molecule has 2 aliphatic heterocycles. The van der Waals surface area contributed by atoms with Gasteiger partial charge in [0.1, 0.15) is 0 Å². The Morgan fingerprint density at radius 1 is 1.03 bits per heavy atom. The van der Waals surface area contributed by atoms with Crippen molar-refractivity contribution in [3.05, 3.63) is 35.4 Å². The van der Waals surface area contributed by atoms with Crippen molar-refractivity contribution in [3.63, 3.8) is 0 Å². The van der Waals surface area contributed by atoms with Crippen molar-refractivity contribution in [3.8, 4) is 0 Å². The fourth-order valence-corrected chi connectivity index (χ4v) is 3.67. The standard InChI is InChI=1S/C21H28F3N3O4/c22-21(23,24)15-31-20(29)27-7-5-18(6-8-27)19(28)25-13-16-1-3-17(4-2-16)14-26-9-11-30-12-10-26/h1-4,18H,5-15H2,(H,25,28). The third kappa shape index (κ3) is 7.70. The second kappa shape index (κ2) is 10.8. The van der Waals surface area contributed by atoms with Crippen LogP contribution in [0.25, 0.3) is 0 Å². The van der Waals surface area contributed by atoms with Crippen LogP contribution in [0.4, 0.5) is 18.0 Å². The molecule has 0 bridgehead atoms. The second-order valence-corrected chi connectivity index (χ2v) is 7.85. The molecule has 0 unspecified atom stereocenters. The molecule has 2 fully saturated rings. The minimum absolute atomic E-state index is 0.110. The van der Waals surface area contributed by atoms with Crippen molar-refractivity contribution in [2.45, 2.75) is 32.1 Å². The van der Waals surface area contributed by atoms with Gasteiger partial charge in [0.05, 0.1) is 13.2 Å². The predicted octanol–water partition coefficient (Wildman–Crippen LogP) is 2.55. The average molecular weight is 443 g/mol. The van der Waals surface area contributed by atoms with Crippen LogP contribution in [0.15, 0.2) is 24.3 Å². The molecular formula is C21H28F3N3O4. The van der Waals surface area contributed by atoms with Gasteiger partial charge in [0.15, 0.2) is 6.61 Å². The Morgan fingerprint density at radius 2 is 1.65 bits per heavy atom. The van der Waals surface area contributed by atoms with Crippen molar-refractivity contribution >= 4 is 12.0 Å². The van der Waals surface area contributed by atoms with E-state index in [1.807, 2.05) is 12.1 Å². The van der Waals surface area contributed by atoms with Crippen LogP contribution >= 0.6 is 0 Å². The van der Waals surface area contributed by atoms with E-state index in [0.717, 1.165) is 38.4 Å². The van der Waals surface area contributed by atoms with Gasteiger partial charge in [0.2, 0.25) is 5.91 Å². The number of hydrogen-bond acceptors (Lipinski definition) is 5. The van der Waals surface area contributed by atoms with E-state index in [-0.39, 0.29) is 24.9 Å². The van der Waals surface area contributed by atoms with Crippen LogP contribution in [0, 0.1) is 5.92 Å². The maximum atomic E-state index is 12.4. The molecule has 10 heteroatoms. The van der Waals surface area contributed by atoms with E-state index in [2.05, 4.69) is 27.1 Å². The van der Waals surface area contributed by atoms with Crippen molar-refractivity contribution in [1.82, 2.24) is 15.1 Å². The molecule has 0 radical (unpaired) electrons. The Bertz CT molecular complexity index is 728. The predicted molar refractivity (Wildman–Crippen MR) is 106 cm³/mol. The lowest BCUT2D eigenvalue weighted by molar-refractivity contribution is -0.162. The highest BCUT2D eigenvalue weighted by Gasteiger charge is 2.32. The minimum Gasteiger partial charge on any atom is -0.440 e. The highest BCUT2D eigenvalue weighted by Crippen LogP contribution is 2.20. The monoisotopic (exact) mass is 443 g/mol. The first-order valence-electron chi connectivity index (χ1n) is 10.4. The van der Waals surface area contributed by atoms with Gasteiger partial charge in [-0.05, 0) is 24.0 Å². The molecule has 2 saturated heterocycles. The van der Waals surface area contributed by atoms with E-state index in [1.165, 1.54) is 10.5 Å². The van der Waals surface area contributed by atoms with Crippen LogP contribution in [0.2, 0.25) is 0 Å². The van der Waals surface area contributed by atoms with E-state index < -0.39 is 18.9 Å². The molecule has 31 heavy (non-hydrogen) atoms. The third-order valence-electron chi connectivity index (χ3n) is 5.48. The molecule has 1 aromatic carbocycles. The molecule has 172 valence electrons. The van der Waals surface area contributed by atoms with Crippen LogP contribution in [-0.2, 0) is 27.4 Å². The maximum Gasteiger partial charge on any atom is 0.422 e. The molecule has 0 spiro atoms. The van der Waals surface area contributed by atoms with E-state index in [4.69, 9.17) is 4.74 Å². The number of morpholine rings is 1. The number of benzene rings is 1. The lowest BCUT2D eigenvalue weighted by Gasteiger charge is -2.30. The van der Waals surface area contributed by atoms with Gasteiger partial charge in [-0.15, -0.1) is 0 Å². The molecule has 7 nitrogen and oxygen atoms in total. The van der Waals surface area contributed by atoms with Crippen LogP contribution < -0.4 is 5.32 Å². The van der Waals surface area contributed by atoms with Crippen LogP contribution in [0.3, 0.4) is 0 Å². The van der Waals surface area contributed by atoms with Gasteiger partial charge < -0.3 is 19.7 Å². The number of nitrogens with one attached hydrogen (secondary N) is 1. The van der Waals surface area contributed by atoms with Crippen molar-refractivity contribution in [2.24, 2.45) is 5.92 Å². The van der Waals surface area contributed by atoms with E-state index >= 15 is 0 Å². The molecule has 2 amide bonds. The van der Waals surface area contributed by atoms with Gasteiger partial charge in [-0.3, -0.25) is 9.69 Å².